The van der Waals surface area contributed by atoms with Crippen LogP contribution >= 0.6 is 0 Å². The van der Waals surface area contributed by atoms with Gasteiger partial charge in [0.1, 0.15) is 6.10 Å². The lowest BCUT2D eigenvalue weighted by atomic mass is 10.1. The Kier molecular flexibility index (Phi) is 4.89. The predicted octanol–water partition coefficient (Wildman–Crippen LogP) is 2.21. The van der Waals surface area contributed by atoms with Crippen molar-refractivity contribution in [2.45, 2.75) is 45.8 Å². The smallest absolute Gasteiger partial charge is 0.243 e. The first-order valence-corrected chi connectivity index (χ1v) is 5.72. The Hall–Kier alpha value is -0.940. The molecule has 2 unspecified atom stereocenters. The summed E-state index contributed by atoms with van der Waals surface area (Å²) < 4.78 is 10.5. The summed E-state index contributed by atoms with van der Waals surface area (Å²) in [5.41, 5.74) is 5.93. The maximum Gasteiger partial charge on any atom is 0.243 e. The third-order valence-electron chi connectivity index (χ3n) is 2.58. The van der Waals surface area contributed by atoms with Gasteiger partial charge in [0.2, 0.25) is 11.7 Å². The van der Waals surface area contributed by atoms with Gasteiger partial charge >= 0.3 is 0 Å². The Morgan fingerprint density at radius 2 is 2.12 bits per heavy atom. The minimum Gasteiger partial charge on any atom is -0.373 e. The fraction of sp³-hybridized carbons (Fsp3) is 0.818. The molecular formula is C11H21N3O2. The highest BCUT2D eigenvalue weighted by Crippen LogP contribution is 2.22. The molecule has 1 heterocycles. The lowest BCUT2D eigenvalue weighted by molar-refractivity contribution is 0.0854. The number of methoxy groups -OCH3 is 1. The highest BCUT2D eigenvalue weighted by molar-refractivity contribution is 4.95. The highest BCUT2D eigenvalue weighted by atomic mass is 16.5. The Morgan fingerprint density at radius 1 is 1.44 bits per heavy atom. The van der Waals surface area contributed by atoms with E-state index in [-0.39, 0.29) is 18.1 Å². The maximum atomic E-state index is 5.93. The molecule has 0 aromatic carbocycles. The van der Waals surface area contributed by atoms with Crippen LogP contribution in [0.4, 0.5) is 0 Å². The highest BCUT2D eigenvalue weighted by Gasteiger charge is 2.21. The summed E-state index contributed by atoms with van der Waals surface area (Å²) in [6.45, 7) is 6.13. The first-order valence-electron chi connectivity index (χ1n) is 5.72. The summed E-state index contributed by atoms with van der Waals surface area (Å²) in [6.07, 6.45) is 1.80. The van der Waals surface area contributed by atoms with Crippen molar-refractivity contribution in [2.75, 3.05) is 7.11 Å². The van der Waals surface area contributed by atoms with Gasteiger partial charge in [-0.05, 0) is 12.3 Å². The van der Waals surface area contributed by atoms with E-state index in [2.05, 4.69) is 17.1 Å². The quantitative estimate of drug-likeness (QED) is 0.806. The van der Waals surface area contributed by atoms with E-state index in [1.807, 2.05) is 13.8 Å². The largest absolute Gasteiger partial charge is 0.373 e. The van der Waals surface area contributed by atoms with Crippen LogP contribution in [0.2, 0.25) is 0 Å². The van der Waals surface area contributed by atoms with E-state index in [9.17, 15) is 0 Å². The zero-order chi connectivity index (χ0) is 12.1. The summed E-state index contributed by atoms with van der Waals surface area (Å²) in [7, 11) is 1.65. The second-order valence-corrected chi connectivity index (χ2v) is 4.27. The van der Waals surface area contributed by atoms with E-state index in [0.717, 1.165) is 12.8 Å². The second kappa shape index (κ2) is 5.96. The zero-order valence-corrected chi connectivity index (χ0v) is 10.4. The Labute approximate surface area is 96.4 Å². The number of aromatic nitrogens is 2. The number of hydrogen-bond donors (Lipinski definition) is 1. The lowest BCUT2D eigenvalue weighted by Gasteiger charge is -2.10. The third-order valence-corrected chi connectivity index (χ3v) is 2.58. The molecule has 0 aliphatic heterocycles. The average molecular weight is 227 g/mol. The number of hydrogen-bond acceptors (Lipinski definition) is 5. The molecular weight excluding hydrogens is 206 g/mol. The van der Waals surface area contributed by atoms with Gasteiger partial charge in [-0.15, -0.1) is 0 Å². The Balaban J connectivity index is 2.76. The van der Waals surface area contributed by atoms with Crippen LogP contribution in [0.3, 0.4) is 0 Å². The van der Waals surface area contributed by atoms with E-state index >= 15 is 0 Å². The molecule has 5 heteroatoms. The van der Waals surface area contributed by atoms with E-state index in [4.69, 9.17) is 15.0 Å². The molecule has 0 bridgehead atoms. The molecule has 0 aliphatic rings. The van der Waals surface area contributed by atoms with E-state index < -0.39 is 0 Å². The molecule has 92 valence electrons. The Morgan fingerprint density at radius 3 is 2.62 bits per heavy atom. The fourth-order valence-electron chi connectivity index (χ4n) is 1.41. The van der Waals surface area contributed by atoms with Gasteiger partial charge in [-0.3, -0.25) is 0 Å². The first kappa shape index (κ1) is 13.1. The standard InChI is InChI=1S/C11H21N3O2/c1-5-6-8(15-4)10-13-11(16-14-10)9(12)7(2)3/h7-9H,5-6,12H2,1-4H3. The van der Waals surface area contributed by atoms with Crippen molar-refractivity contribution in [3.63, 3.8) is 0 Å². The predicted molar refractivity (Wildman–Crippen MR) is 60.7 cm³/mol. The topological polar surface area (TPSA) is 74.2 Å². The first-order chi connectivity index (χ1) is 7.60. The molecule has 0 amide bonds. The number of ether oxygens (including phenoxy) is 1. The average Bonchev–Trinajstić information content (AvgIpc) is 2.73. The zero-order valence-electron chi connectivity index (χ0n) is 10.4. The van der Waals surface area contributed by atoms with E-state index in [1.165, 1.54) is 0 Å². The van der Waals surface area contributed by atoms with Gasteiger partial charge in [-0.25, -0.2) is 0 Å². The molecule has 1 aromatic heterocycles. The molecule has 16 heavy (non-hydrogen) atoms. The van der Waals surface area contributed by atoms with E-state index in [0.29, 0.717) is 11.7 Å². The van der Waals surface area contributed by atoms with Gasteiger partial charge in [-0.1, -0.05) is 32.3 Å². The van der Waals surface area contributed by atoms with Crippen LogP contribution < -0.4 is 5.73 Å². The van der Waals surface area contributed by atoms with Crippen molar-refractivity contribution < 1.29 is 9.26 Å². The van der Waals surface area contributed by atoms with Crippen molar-refractivity contribution in [3.05, 3.63) is 11.7 Å². The number of nitrogens with zero attached hydrogens (tertiary/aromatic N) is 2. The minimum atomic E-state index is -0.208. The normalized spacial score (nSPS) is 15.4. The fourth-order valence-corrected chi connectivity index (χ4v) is 1.41. The number of rotatable bonds is 6. The summed E-state index contributed by atoms with van der Waals surface area (Å²) in [5.74, 6) is 1.36. The summed E-state index contributed by atoms with van der Waals surface area (Å²) in [6, 6.07) is -0.208. The van der Waals surface area contributed by atoms with Crippen LogP contribution in [0.15, 0.2) is 4.52 Å². The third kappa shape index (κ3) is 3.02. The van der Waals surface area contributed by atoms with Crippen molar-refractivity contribution >= 4 is 0 Å². The lowest BCUT2D eigenvalue weighted by Crippen LogP contribution is -2.17. The molecule has 0 aliphatic carbocycles. The SMILES string of the molecule is CCCC(OC)c1noc(C(N)C(C)C)n1. The summed E-state index contributed by atoms with van der Waals surface area (Å²) in [5, 5.41) is 3.92. The van der Waals surface area contributed by atoms with Gasteiger partial charge in [0, 0.05) is 7.11 Å². The van der Waals surface area contributed by atoms with Gasteiger partial charge in [0.05, 0.1) is 6.04 Å². The molecule has 0 spiro atoms. The molecule has 0 radical (unpaired) electrons. The van der Waals surface area contributed by atoms with Crippen LogP contribution in [0.5, 0.6) is 0 Å². The molecule has 2 N–H and O–H groups in total. The van der Waals surface area contributed by atoms with Crippen LogP contribution in [-0.4, -0.2) is 17.3 Å². The van der Waals surface area contributed by atoms with Crippen LogP contribution in [0.25, 0.3) is 0 Å². The molecule has 0 saturated carbocycles. The summed E-state index contributed by atoms with van der Waals surface area (Å²) >= 11 is 0. The van der Waals surface area contributed by atoms with Gasteiger partial charge in [0.25, 0.3) is 0 Å². The monoisotopic (exact) mass is 227 g/mol. The second-order valence-electron chi connectivity index (χ2n) is 4.27. The molecule has 2 atom stereocenters. The van der Waals surface area contributed by atoms with Crippen LogP contribution in [-0.2, 0) is 4.74 Å². The van der Waals surface area contributed by atoms with Crippen molar-refractivity contribution in [3.8, 4) is 0 Å². The van der Waals surface area contributed by atoms with Crippen molar-refractivity contribution in [1.82, 2.24) is 10.1 Å². The van der Waals surface area contributed by atoms with Crippen LogP contribution in [0.1, 0.15) is 57.5 Å². The maximum absolute atomic E-state index is 5.93. The number of nitrogens with two attached hydrogens (primary N) is 1. The van der Waals surface area contributed by atoms with Crippen LogP contribution in [0, 0.1) is 5.92 Å². The molecule has 1 rings (SSSR count). The van der Waals surface area contributed by atoms with Crippen molar-refractivity contribution in [2.24, 2.45) is 11.7 Å². The molecule has 5 nitrogen and oxygen atoms in total. The van der Waals surface area contributed by atoms with E-state index in [1.54, 1.807) is 7.11 Å². The summed E-state index contributed by atoms with van der Waals surface area (Å²) in [4.78, 5) is 4.29. The molecule has 0 fully saturated rings. The van der Waals surface area contributed by atoms with Gasteiger partial charge in [-0.2, -0.15) is 4.98 Å². The van der Waals surface area contributed by atoms with Gasteiger partial charge < -0.3 is 15.0 Å². The van der Waals surface area contributed by atoms with Gasteiger partial charge in [0.15, 0.2) is 0 Å². The minimum absolute atomic E-state index is 0.0955. The molecule has 1 aromatic rings. The Bertz CT molecular complexity index is 312. The van der Waals surface area contributed by atoms with Crippen molar-refractivity contribution in [1.29, 1.82) is 0 Å². The molecule has 0 saturated heterocycles.